The van der Waals surface area contributed by atoms with Crippen molar-refractivity contribution in [2.24, 2.45) is 17.6 Å². The Morgan fingerprint density at radius 3 is 1.97 bits per heavy atom. The van der Waals surface area contributed by atoms with E-state index in [2.05, 4.69) is 16.0 Å². The van der Waals surface area contributed by atoms with Crippen molar-refractivity contribution in [1.82, 2.24) is 16.0 Å². The molecule has 0 bridgehead atoms. The van der Waals surface area contributed by atoms with Gasteiger partial charge in [0.15, 0.2) is 0 Å². The third-order valence-corrected chi connectivity index (χ3v) is 4.96. The Morgan fingerprint density at radius 2 is 1.47 bits per heavy atom. The smallest absolute Gasteiger partial charge is 0.326 e. The molecule has 32 heavy (non-hydrogen) atoms. The fourth-order valence-electron chi connectivity index (χ4n) is 3.11. The Hall–Kier alpha value is -2.94. The first-order valence-corrected chi connectivity index (χ1v) is 10.9. The number of carboxylic acids is 1. The highest BCUT2D eigenvalue weighted by atomic mass is 16.4. The second-order valence-corrected chi connectivity index (χ2v) is 8.79. The van der Waals surface area contributed by atoms with Crippen LogP contribution < -0.4 is 21.7 Å². The molecule has 9 heteroatoms. The molecule has 0 radical (unpaired) electrons. The van der Waals surface area contributed by atoms with Crippen molar-refractivity contribution in [3.8, 4) is 0 Å². The molecule has 0 heterocycles. The first-order chi connectivity index (χ1) is 14.9. The van der Waals surface area contributed by atoms with Crippen LogP contribution in [0.15, 0.2) is 30.3 Å². The van der Waals surface area contributed by atoms with Crippen LogP contribution in [-0.2, 0) is 25.6 Å². The molecule has 4 atom stereocenters. The van der Waals surface area contributed by atoms with E-state index in [0.717, 1.165) is 5.56 Å². The summed E-state index contributed by atoms with van der Waals surface area (Å²) in [7, 11) is 0. The van der Waals surface area contributed by atoms with E-state index in [1.807, 2.05) is 44.2 Å². The summed E-state index contributed by atoms with van der Waals surface area (Å²) in [6, 6.07) is 5.53. The van der Waals surface area contributed by atoms with Gasteiger partial charge in [0.2, 0.25) is 17.7 Å². The molecule has 6 N–H and O–H groups in total. The molecular formula is C23H36N4O5. The van der Waals surface area contributed by atoms with Crippen molar-refractivity contribution in [3.63, 3.8) is 0 Å². The number of aliphatic carboxylic acids is 1. The van der Waals surface area contributed by atoms with Gasteiger partial charge >= 0.3 is 5.97 Å². The molecular weight excluding hydrogens is 412 g/mol. The number of carboxylic acid groups (broad SMARTS) is 1. The maximum Gasteiger partial charge on any atom is 0.326 e. The van der Waals surface area contributed by atoms with Gasteiger partial charge in [-0.15, -0.1) is 0 Å². The summed E-state index contributed by atoms with van der Waals surface area (Å²) in [4.78, 5) is 49.1. The number of amides is 3. The van der Waals surface area contributed by atoms with Crippen LogP contribution in [0.5, 0.6) is 0 Å². The minimum absolute atomic E-state index is 0.0684. The second-order valence-electron chi connectivity index (χ2n) is 8.79. The minimum atomic E-state index is -1.13. The topological polar surface area (TPSA) is 151 Å². The third kappa shape index (κ3) is 9.05. The van der Waals surface area contributed by atoms with Crippen molar-refractivity contribution < 1.29 is 24.3 Å². The van der Waals surface area contributed by atoms with Gasteiger partial charge in [0.1, 0.15) is 18.1 Å². The standard InChI is InChI=1S/C23H36N4O5/c1-13(2)11-18(23(31)32)26-22(30)19(14(3)4)27-20(28)15(5)25-21(29)17(24)12-16-9-7-6-8-10-16/h6-10,13-15,17-19H,11-12,24H2,1-5H3,(H,25,29)(H,26,30)(H,27,28)(H,31,32). The number of benzene rings is 1. The Balaban J connectivity index is 2.70. The summed E-state index contributed by atoms with van der Waals surface area (Å²) in [5, 5.41) is 17.0. The lowest BCUT2D eigenvalue weighted by Gasteiger charge is -2.26. The molecule has 1 aromatic rings. The van der Waals surface area contributed by atoms with Gasteiger partial charge < -0.3 is 26.8 Å². The molecule has 0 aliphatic rings. The Labute approximate surface area is 189 Å². The van der Waals surface area contributed by atoms with Crippen molar-refractivity contribution in [1.29, 1.82) is 0 Å². The van der Waals surface area contributed by atoms with Crippen molar-refractivity contribution >= 4 is 23.7 Å². The Bertz CT molecular complexity index is 782. The van der Waals surface area contributed by atoms with Gasteiger partial charge in [0, 0.05) is 0 Å². The van der Waals surface area contributed by atoms with Crippen molar-refractivity contribution in [3.05, 3.63) is 35.9 Å². The van der Waals surface area contributed by atoms with Gasteiger partial charge in [-0.1, -0.05) is 58.0 Å². The summed E-state index contributed by atoms with van der Waals surface area (Å²) in [5.41, 5.74) is 6.86. The fourth-order valence-corrected chi connectivity index (χ4v) is 3.11. The van der Waals surface area contributed by atoms with E-state index in [-0.39, 0.29) is 18.3 Å². The molecule has 0 saturated carbocycles. The molecule has 0 spiro atoms. The van der Waals surface area contributed by atoms with Crippen LogP contribution in [0.3, 0.4) is 0 Å². The average Bonchev–Trinajstić information content (AvgIpc) is 2.71. The summed E-state index contributed by atoms with van der Waals surface area (Å²) in [6.45, 7) is 8.69. The van der Waals surface area contributed by atoms with Gasteiger partial charge in [-0.05, 0) is 37.2 Å². The zero-order valence-corrected chi connectivity index (χ0v) is 19.4. The summed E-state index contributed by atoms with van der Waals surface area (Å²) >= 11 is 0. The van der Waals surface area contributed by atoms with Crippen LogP contribution in [0.1, 0.15) is 46.6 Å². The number of nitrogens with two attached hydrogens (primary N) is 1. The van der Waals surface area contributed by atoms with Gasteiger partial charge in [0.25, 0.3) is 0 Å². The lowest BCUT2D eigenvalue weighted by atomic mass is 10.00. The first-order valence-electron chi connectivity index (χ1n) is 10.9. The maximum atomic E-state index is 12.7. The number of rotatable bonds is 12. The predicted molar refractivity (Wildman–Crippen MR) is 122 cm³/mol. The van der Waals surface area contributed by atoms with E-state index < -0.39 is 47.9 Å². The average molecular weight is 449 g/mol. The van der Waals surface area contributed by atoms with E-state index in [1.54, 1.807) is 13.8 Å². The quantitative estimate of drug-likeness (QED) is 0.319. The zero-order chi connectivity index (χ0) is 24.4. The highest BCUT2D eigenvalue weighted by Crippen LogP contribution is 2.08. The first kappa shape index (κ1) is 27.1. The van der Waals surface area contributed by atoms with Gasteiger partial charge in [-0.25, -0.2) is 4.79 Å². The van der Waals surface area contributed by atoms with Crippen LogP contribution >= 0.6 is 0 Å². The molecule has 0 fully saturated rings. The maximum absolute atomic E-state index is 12.7. The fraction of sp³-hybridized carbons (Fsp3) is 0.565. The second kappa shape index (κ2) is 12.8. The van der Waals surface area contributed by atoms with E-state index in [0.29, 0.717) is 6.42 Å². The third-order valence-electron chi connectivity index (χ3n) is 4.96. The molecule has 0 aliphatic carbocycles. The van der Waals surface area contributed by atoms with Gasteiger partial charge in [-0.2, -0.15) is 0 Å². The minimum Gasteiger partial charge on any atom is -0.480 e. The molecule has 9 nitrogen and oxygen atoms in total. The van der Waals surface area contributed by atoms with E-state index in [4.69, 9.17) is 5.73 Å². The van der Waals surface area contributed by atoms with Gasteiger partial charge in [0.05, 0.1) is 6.04 Å². The van der Waals surface area contributed by atoms with Crippen LogP contribution in [0.2, 0.25) is 0 Å². The molecule has 178 valence electrons. The SMILES string of the molecule is CC(C)CC(NC(=O)C(NC(=O)C(C)NC(=O)C(N)Cc1ccccc1)C(C)C)C(=O)O. The molecule has 1 aromatic carbocycles. The van der Waals surface area contributed by atoms with Crippen LogP contribution in [0, 0.1) is 11.8 Å². The highest BCUT2D eigenvalue weighted by molar-refractivity contribution is 5.94. The zero-order valence-electron chi connectivity index (χ0n) is 19.4. The number of nitrogens with one attached hydrogen (secondary N) is 3. The van der Waals surface area contributed by atoms with Crippen molar-refractivity contribution in [2.45, 2.75) is 71.6 Å². The van der Waals surface area contributed by atoms with E-state index in [1.165, 1.54) is 6.92 Å². The number of carbonyl (C=O) groups is 4. The summed E-state index contributed by atoms with van der Waals surface area (Å²) < 4.78 is 0. The van der Waals surface area contributed by atoms with Gasteiger partial charge in [-0.3, -0.25) is 14.4 Å². The highest BCUT2D eigenvalue weighted by Gasteiger charge is 2.30. The summed E-state index contributed by atoms with van der Waals surface area (Å²) in [6.07, 6.45) is 0.593. The largest absolute Gasteiger partial charge is 0.480 e. The lowest BCUT2D eigenvalue weighted by molar-refractivity contribution is -0.143. The number of carbonyl (C=O) groups excluding carboxylic acids is 3. The number of hydrogen-bond acceptors (Lipinski definition) is 5. The Morgan fingerprint density at radius 1 is 0.875 bits per heavy atom. The van der Waals surface area contributed by atoms with E-state index in [9.17, 15) is 24.3 Å². The normalized spacial score (nSPS) is 14.9. The van der Waals surface area contributed by atoms with Crippen LogP contribution in [0.4, 0.5) is 0 Å². The Kier molecular flexibility index (Phi) is 10.8. The molecule has 1 rings (SSSR count). The summed E-state index contributed by atoms with van der Waals surface area (Å²) in [5.74, 6) is -2.98. The van der Waals surface area contributed by atoms with Crippen LogP contribution in [0.25, 0.3) is 0 Å². The lowest BCUT2D eigenvalue weighted by Crippen LogP contribution is -2.58. The van der Waals surface area contributed by atoms with Crippen LogP contribution in [-0.4, -0.2) is 53.0 Å². The molecule has 0 aromatic heterocycles. The molecule has 0 saturated heterocycles. The monoisotopic (exact) mass is 448 g/mol. The number of hydrogen-bond donors (Lipinski definition) is 5. The molecule has 3 amide bonds. The molecule has 0 aliphatic heterocycles. The van der Waals surface area contributed by atoms with Crippen molar-refractivity contribution in [2.75, 3.05) is 0 Å². The predicted octanol–water partition coefficient (Wildman–Crippen LogP) is 0.817. The van der Waals surface area contributed by atoms with E-state index >= 15 is 0 Å². The molecule has 4 unspecified atom stereocenters.